The van der Waals surface area contributed by atoms with Crippen LogP contribution in [-0.4, -0.2) is 16.9 Å². The van der Waals surface area contributed by atoms with Gasteiger partial charge in [0.25, 0.3) is 0 Å². The number of carbonyl (C=O) groups excluding carboxylic acids is 1. The highest BCUT2D eigenvalue weighted by molar-refractivity contribution is 6.03. The molecular weight excluding hydrogens is 362 g/mol. The van der Waals surface area contributed by atoms with Crippen molar-refractivity contribution in [2.45, 2.75) is 39.5 Å². The fourth-order valence-corrected chi connectivity index (χ4v) is 4.55. The van der Waals surface area contributed by atoms with E-state index < -0.39 is 11.9 Å². The van der Waals surface area contributed by atoms with E-state index in [1.165, 1.54) is 0 Å². The van der Waals surface area contributed by atoms with E-state index in [2.05, 4.69) is 19.2 Å². The number of allylic oxidation sites excluding steroid dienone is 3. The molecule has 0 saturated heterocycles. The Bertz CT molecular complexity index is 1040. The van der Waals surface area contributed by atoms with Crippen LogP contribution in [0, 0.1) is 5.41 Å². The van der Waals surface area contributed by atoms with Gasteiger partial charge in [-0.25, -0.2) is 4.79 Å². The summed E-state index contributed by atoms with van der Waals surface area (Å²) in [6.07, 6.45) is 1.16. The van der Waals surface area contributed by atoms with Crippen LogP contribution in [0.4, 0.5) is 0 Å². The number of ketones is 1. The number of dihydropyridines is 1. The summed E-state index contributed by atoms with van der Waals surface area (Å²) in [5.74, 6) is -1.50. The van der Waals surface area contributed by atoms with Crippen molar-refractivity contribution in [3.63, 3.8) is 0 Å². The van der Waals surface area contributed by atoms with E-state index in [1.54, 1.807) is 6.92 Å². The Morgan fingerprint density at radius 1 is 1.00 bits per heavy atom. The van der Waals surface area contributed by atoms with Gasteiger partial charge in [-0.05, 0) is 35.4 Å². The van der Waals surface area contributed by atoms with Crippen LogP contribution in [0.25, 0.3) is 11.1 Å². The Hall–Kier alpha value is -3.14. The third-order valence-corrected chi connectivity index (χ3v) is 5.82. The number of Topliss-reactive ketones (excluding diaryl/α,β-unsaturated/α-hetero) is 1. The van der Waals surface area contributed by atoms with Crippen molar-refractivity contribution in [3.05, 3.63) is 82.7 Å². The average molecular weight is 387 g/mol. The number of carbonyl (C=O) groups is 2. The first-order valence-electron chi connectivity index (χ1n) is 9.89. The molecule has 4 rings (SSSR count). The van der Waals surface area contributed by atoms with Crippen molar-refractivity contribution in [2.24, 2.45) is 5.41 Å². The Morgan fingerprint density at radius 2 is 1.62 bits per heavy atom. The van der Waals surface area contributed by atoms with Crippen molar-refractivity contribution < 1.29 is 14.7 Å². The number of rotatable bonds is 3. The minimum absolute atomic E-state index is 0.0344. The van der Waals surface area contributed by atoms with E-state index in [1.807, 2.05) is 54.6 Å². The van der Waals surface area contributed by atoms with Crippen LogP contribution in [0.1, 0.15) is 45.1 Å². The fourth-order valence-electron chi connectivity index (χ4n) is 4.55. The first-order chi connectivity index (χ1) is 13.8. The van der Waals surface area contributed by atoms with Gasteiger partial charge in [-0.15, -0.1) is 0 Å². The maximum Gasteiger partial charge on any atom is 0.334 e. The van der Waals surface area contributed by atoms with E-state index in [-0.39, 0.29) is 16.8 Å². The van der Waals surface area contributed by atoms with Gasteiger partial charge in [0.2, 0.25) is 0 Å². The van der Waals surface area contributed by atoms with Crippen molar-refractivity contribution in [3.8, 4) is 11.1 Å². The fraction of sp³-hybridized carbons (Fsp3) is 0.280. The Morgan fingerprint density at radius 3 is 2.24 bits per heavy atom. The molecule has 2 aromatic rings. The zero-order valence-electron chi connectivity index (χ0n) is 17.0. The maximum atomic E-state index is 13.1. The van der Waals surface area contributed by atoms with Crippen LogP contribution >= 0.6 is 0 Å². The zero-order chi connectivity index (χ0) is 20.8. The van der Waals surface area contributed by atoms with Crippen LogP contribution in [-0.2, 0) is 9.59 Å². The molecule has 2 N–H and O–H groups in total. The smallest absolute Gasteiger partial charge is 0.334 e. The summed E-state index contributed by atoms with van der Waals surface area (Å²) in [4.78, 5) is 25.2. The van der Waals surface area contributed by atoms with Gasteiger partial charge < -0.3 is 10.4 Å². The molecule has 0 amide bonds. The summed E-state index contributed by atoms with van der Waals surface area (Å²) in [6, 6.07) is 17.9. The molecule has 4 heteroatoms. The standard InChI is InChI=1S/C25H25NO3/c1-15-21(24(28)29)22(23-19(26-15)13-25(2,3)14-20(23)27)18-11-9-17(10-12-18)16-7-5-4-6-8-16/h4-12,22,26H,13-14H2,1-3H3,(H,28,29)/t22-/m0/s1. The minimum atomic E-state index is -0.990. The third kappa shape index (κ3) is 3.51. The lowest BCUT2D eigenvalue weighted by Gasteiger charge is -2.39. The molecule has 4 nitrogen and oxygen atoms in total. The van der Waals surface area contributed by atoms with Gasteiger partial charge in [0.1, 0.15) is 0 Å². The summed E-state index contributed by atoms with van der Waals surface area (Å²) in [7, 11) is 0. The molecule has 1 heterocycles. The highest BCUT2D eigenvalue weighted by atomic mass is 16.4. The molecule has 1 atom stereocenters. The normalized spacial score (nSPS) is 20.9. The minimum Gasteiger partial charge on any atom is -0.478 e. The lowest BCUT2D eigenvalue weighted by Crippen LogP contribution is -2.38. The molecule has 0 unspecified atom stereocenters. The molecule has 0 saturated carbocycles. The lowest BCUT2D eigenvalue weighted by molar-refractivity contribution is -0.133. The van der Waals surface area contributed by atoms with E-state index >= 15 is 0 Å². The molecule has 0 spiro atoms. The average Bonchev–Trinajstić information content (AvgIpc) is 2.66. The molecule has 2 aliphatic rings. The summed E-state index contributed by atoms with van der Waals surface area (Å²) < 4.78 is 0. The van der Waals surface area contributed by atoms with Gasteiger partial charge in [-0.3, -0.25) is 4.79 Å². The highest BCUT2D eigenvalue weighted by Gasteiger charge is 2.42. The van der Waals surface area contributed by atoms with Crippen molar-refractivity contribution in [1.29, 1.82) is 0 Å². The summed E-state index contributed by atoms with van der Waals surface area (Å²) in [6.45, 7) is 5.93. The molecule has 0 aromatic heterocycles. The van der Waals surface area contributed by atoms with E-state index in [0.717, 1.165) is 28.8 Å². The first kappa shape index (κ1) is 19.2. The molecule has 1 aliphatic heterocycles. The number of hydrogen-bond acceptors (Lipinski definition) is 3. The molecule has 0 bridgehead atoms. The number of aliphatic carboxylic acids is 1. The Kier molecular flexibility index (Phi) is 4.65. The molecule has 0 fully saturated rings. The molecule has 0 radical (unpaired) electrons. The second-order valence-electron chi connectivity index (χ2n) is 8.72. The topological polar surface area (TPSA) is 66.4 Å². The highest BCUT2D eigenvalue weighted by Crippen LogP contribution is 2.46. The van der Waals surface area contributed by atoms with Crippen molar-refractivity contribution in [1.82, 2.24) is 5.32 Å². The number of carboxylic acid groups (broad SMARTS) is 1. The van der Waals surface area contributed by atoms with E-state index in [9.17, 15) is 14.7 Å². The molecule has 29 heavy (non-hydrogen) atoms. The SMILES string of the molecule is CC1=C(C(=O)O)[C@H](c2ccc(-c3ccccc3)cc2)C2=C(CC(C)(C)CC2=O)N1. The molecular formula is C25H25NO3. The van der Waals surface area contributed by atoms with Crippen LogP contribution in [0.3, 0.4) is 0 Å². The molecule has 148 valence electrons. The van der Waals surface area contributed by atoms with E-state index in [0.29, 0.717) is 17.7 Å². The second kappa shape index (κ2) is 7.03. The summed E-state index contributed by atoms with van der Waals surface area (Å²) in [5, 5.41) is 13.2. The predicted molar refractivity (Wildman–Crippen MR) is 113 cm³/mol. The van der Waals surface area contributed by atoms with Gasteiger partial charge in [-0.2, -0.15) is 0 Å². The Labute approximate surface area is 171 Å². The summed E-state index contributed by atoms with van der Waals surface area (Å²) >= 11 is 0. The second-order valence-corrected chi connectivity index (χ2v) is 8.72. The van der Waals surface area contributed by atoms with Gasteiger partial charge in [-0.1, -0.05) is 68.4 Å². The number of nitrogens with one attached hydrogen (secondary N) is 1. The predicted octanol–water partition coefficient (Wildman–Crippen LogP) is 5.04. The number of benzene rings is 2. The monoisotopic (exact) mass is 387 g/mol. The maximum absolute atomic E-state index is 13.1. The van der Waals surface area contributed by atoms with Crippen LogP contribution < -0.4 is 5.32 Å². The third-order valence-electron chi connectivity index (χ3n) is 5.82. The van der Waals surface area contributed by atoms with Crippen molar-refractivity contribution in [2.75, 3.05) is 0 Å². The quantitative estimate of drug-likeness (QED) is 0.774. The van der Waals surface area contributed by atoms with Crippen molar-refractivity contribution >= 4 is 11.8 Å². The number of hydrogen-bond donors (Lipinski definition) is 2. The number of carboxylic acids is 1. The van der Waals surface area contributed by atoms with Crippen LogP contribution in [0.15, 0.2) is 77.1 Å². The van der Waals surface area contributed by atoms with Gasteiger partial charge in [0, 0.05) is 29.3 Å². The van der Waals surface area contributed by atoms with Gasteiger partial charge in [0.05, 0.1) is 5.57 Å². The lowest BCUT2D eigenvalue weighted by atomic mass is 9.68. The summed E-state index contributed by atoms with van der Waals surface area (Å²) in [5.41, 5.74) is 5.21. The largest absolute Gasteiger partial charge is 0.478 e. The van der Waals surface area contributed by atoms with E-state index in [4.69, 9.17) is 0 Å². The molecule has 1 aliphatic carbocycles. The zero-order valence-corrected chi connectivity index (χ0v) is 17.0. The van der Waals surface area contributed by atoms with Gasteiger partial charge >= 0.3 is 5.97 Å². The van der Waals surface area contributed by atoms with Crippen LogP contribution in [0.5, 0.6) is 0 Å². The Balaban J connectivity index is 1.81. The molecule has 2 aromatic carbocycles. The first-order valence-corrected chi connectivity index (χ1v) is 9.89. The van der Waals surface area contributed by atoms with Crippen LogP contribution in [0.2, 0.25) is 0 Å². The van der Waals surface area contributed by atoms with Gasteiger partial charge in [0.15, 0.2) is 5.78 Å².